The van der Waals surface area contributed by atoms with Crippen LogP contribution < -0.4 is 5.01 Å². The molecule has 3 nitrogen and oxygen atoms in total. The van der Waals surface area contributed by atoms with Gasteiger partial charge in [-0.15, -0.1) is 0 Å². The van der Waals surface area contributed by atoms with Crippen molar-refractivity contribution in [3.63, 3.8) is 0 Å². The minimum absolute atomic E-state index is 0.0694. The Hall–Kier alpha value is -2.68. The molecule has 1 aliphatic heterocycles. The SMILES string of the molecule is CC1=NN(c2ccccc2)C(=O)C1=C(C)c1ccccc1. The summed E-state index contributed by atoms with van der Waals surface area (Å²) in [6.07, 6.45) is 0. The highest BCUT2D eigenvalue weighted by molar-refractivity contribution is 6.33. The number of carbonyl (C=O) groups excluding carboxylic acids is 1. The number of nitrogens with zero attached hydrogens (tertiary/aromatic N) is 2. The van der Waals surface area contributed by atoms with Gasteiger partial charge in [0.25, 0.3) is 5.91 Å². The average Bonchev–Trinajstić information content (AvgIpc) is 2.83. The maximum atomic E-state index is 12.7. The van der Waals surface area contributed by atoms with Crippen molar-refractivity contribution < 1.29 is 4.79 Å². The first-order chi connectivity index (χ1) is 10.2. The van der Waals surface area contributed by atoms with E-state index in [-0.39, 0.29) is 5.91 Å². The number of para-hydroxylation sites is 1. The van der Waals surface area contributed by atoms with Crippen LogP contribution in [0.3, 0.4) is 0 Å². The van der Waals surface area contributed by atoms with Gasteiger partial charge in [-0.25, -0.2) is 0 Å². The third kappa shape index (κ3) is 2.38. The highest BCUT2D eigenvalue weighted by atomic mass is 16.2. The van der Waals surface area contributed by atoms with Crippen molar-refractivity contribution in [1.29, 1.82) is 0 Å². The molecule has 0 N–H and O–H groups in total. The van der Waals surface area contributed by atoms with Crippen molar-refractivity contribution in [2.24, 2.45) is 5.10 Å². The molecular formula is C18H16N2O. The number of amides is 1. The number of rotatable bonds is 2. The van der Waals surface area contributed by atoms with Crippen molar-refractivity contribution in [2.45, 2.75) is 13.8 Å². The molecule has 0 radical (unpaired) electrons. The quantitative estimate of drug-likeness (QED) is 0.766. The number of hydrogen-bond acceptors (Lipinski definition) is 2. The average molecular weight is 276 g/mol. The summed E-state index contributed by atoms with van der Waals surface area (Å²) < 4.78 is 0. The van der Waals surface area contributed by atoms with E-state index in [9.17, 15) is 4.79 Å². The molecule has 2 aromatic rings. The summed E-state index contributed by atoms with van der Waals surface area (Å²) in [6.45, 7) is 3.85. The number of anilines is 1. The molecule has 0 saturated carbocycles. The van der Waals surface area contributed by atoms with Crippen LogP contribution in [0.1, 0.15) is 19.4 Å². The number of hydrogen-bond donors (Lipinski definition) is 0. The van der Waals surface area contributed by atoms with Gasteiger partial charge >= 0.3 is 0 Å². The molecule has 21 heavy (non-hydrogen) atoms. The number of allylic oxidation sites excluding steroid dienone is 1. The molecule has 104 valence electrons. The van der Waals surface area contributed by atoms with Crippen LogP contribution in [0.25, 0.3) is 5.57 Å². The van der Waals surface area contributed by atoms with Crippen LogP contribution in [0.2, 0.25) is 0 Å². The molecule has 3 rings (SSSR count). The number of benzene rings is 2. The van der Waals surface area contributed by atoms with Gasteiger partial charge in [-0.05, 0) is 37.1 Å². The lowest BCUT2D eigenvalue weighted by atomic mass is 9.98. The molecule has 0 aromatic heterocycles. The second kappa shape index (κ2) is 5.37. The van der Waals surface area contributed by atoms with Gasteiger partial charge in [0.15, 0.2) is 0 Å². The fourth-order valence-electron chi connectivity index (χ4n) is 2.51. The lowest BCUT2D eigenvalue weighted by Gasteiger charge is -2.12. The lowest BCUT2D eigenvalue weighted by molar-refractivity contribution is -0.114. The van der Waals surface area contributed by atoms with Crippen LogP contribution in [0.15, 0.2) is 71.3 Å². The second-order valence-electron chi connectivity index (χ2n) is 5.00. The zero-order chi connectivity index (χ0) is 14.8. The number of carbonyl (C=O) groups is 1. The van der Waals surface area contributed by atoms with E-state index in [1.165, 1.54) is 5.01 Å². The molecule has 0 spiro atoms. The van der Waals surface area contributed by atoms with Gasteiger partial charge < -0.3 is 0 Å². The summed E-state index contributed by atoms with van der Waals surface area (Å²) in [5, 5.41) is 5.88. The van der Waals surface area contributed by atoms with Gasteiger partial charge in [-0.2, -0.15) is 10.1 Å². The lowest BCUT2D eigenvalue weighted by Crippen LogP contribution is -2.21. The van der Waals surface area contributed by atoms with Crippen LogP contribution in [0.5, 0.6) is 0 Å². The zero-order valence-corrected chi connectivity index (χ0v) is 12.1. The Kier molecular flexibility index (Phi) is 3.40. The molecule has 0 saturated heterocycles. The summed E-state index contributed by atoms with van der Waals surface area (Å²) in [4.78, 5) is 12.7. The number of hydrazone groups is 1. The topological polar surface area (TPSA) is 32.7 Å². The predicted octanol–water partition coefficient (Wildman–Crippen LogP) is 3.88. The second-order valence-corrected chi connectivity index (χ2v) is 5.00. The van der Waals surface area contributed by atoms with Gasteiger partial charge in [-0.3, -0.25) is 4.79 Å². The molecule has 0 bridgehead atoms. The molecule has 1 heterocycles. The molecular weight excluding hydrogens is 260 g/mol. The van der Waals surface area contributed by atoms with Crippen LogP contribution >= 0.6 is 0 Å². The van der Waals surface area contributed by atoms with Crippen LogP contribution in [0, 0.1) is 0 Å². The maximum Gasteiger partial charge on any atom is 0.280 e. The van der Waals surface area contributed by atoms with E-state index in [1.54, 1.807) is 0 Å². The van der Waals surface area contributed by atoms with Gasteiger partial charge in [0.2, 0.25) is 0 Å². The fraction of sp³-hybridized carbons (Fsp3) is 0.111. The monoisotopic (exact) mass is 276 g/mol. The van der Waals surface area contributed by atoms with E-state index in [2.05, 4.69) is 5.10 Å². The van der Waals surface area contributed by atoms with E-state index < -0.39 is 0 Å². The predicted molar refractivity (Wildman–Crippen MR) is 86.1 cm³/mol. The molecule has 1 aliphatic rings. The third-order valence-electron chi connectivity index (χ3n) is 3.60. The van der Waals surface area contributed by atoms with E-state index in [4.69, 9.17) is 0 Å². The van der Waals surface area contributed by atoms with Crippen LogP contribution in [-0.4, -0.2) is 11.6 Å². The third-order valence-corrected chi connectivity index (χ3v) is 3.60. The molecule has 2 aromatic carbocycles. The van der Waals surface area contributed by atoms with Crippen molar-refractivity contribution in [1.82, 2.24) is 0 Å². The van der Waals surface area contributed by atoms with Gasteiger partial charge in [-0.1, -0.05) is 48.5 Å². The Morgan fingerprint density at radius 3 is 2.14 bits per heavy atom. The van der Waals surface area contributed by atoms with Gasteiger partial charge in [0, 0.05) is 0 Å². The van der Waals surface area contributed by atoms with Crippen molar-refractivity contribution in [2.75, 3.05) is 5.01 Å². The van der Waals surface area contributed by atoms with E-state index >= 15 is 0 Å². The summed E-state index contributed by atoms with van der Waals surface area (Å²) in [5.41, 5.74) is 4.23. The summed E-state index contributed by atoms with van der Waals surface area (Å²) >= 11 is 0. The van der Waals surface area contributed by atoms with Gasteiger partial charge in [0.05, 0.1) is 17.0 Å². The van der Waals surface area contributed by atoms with Crippen LogP contribution in [0.4, 0.5) is 5.69 Å². The highest BCUT2D eigenvalue weighted by Crippen LogP contribution is 2.28. The summed E-state index contributed by atoms with van der Waals surface area (Å²) in [5.74, 6) is -0.0694. The first-order valence-electron chi connectivity index (χ1n) is 6.90. The Bertz CT molecular complexity index is 730. The Morgan fingerprint density at radius 2 is 1.52 bits per heavy atom. The van der Waals surface area contributed by atoms with Crippen molar-refractivity contribution >= 4 is 22.9 Å². The standard InChI is InChI=1S/C18H16N2O/c1-13(15-9-5-3-6-10-15)17-14(2)19-20(18(17)21)16-11-7-4-8-12-16/h3-12H,1-2H3. The molecule has 1 amide bonds. The van der Waals surface area contributed by atoms with E-state index in [0.717, 1.165) is 22.5 Å². The van der Waals surface area contributed by atoms with Crippen molar-refractivity contribution in [3.05, 3.63) is 71.8 Å². The normalized spacial score (nSPS) is 17.0. The summed E-state index contributed by atoms with van der Waals surface area (Å²) in [6, 6.07) is 19.4. The van der Waals surface area contributed by atoms with E-state index in [1.807, 2.05) is 74.5 Å². The highest BCUT2D eigenvalue weighted by Gasteiger charge is 2.30. The van der Waals surface area contributed by atoms with Crippen LogP contribution in [-0.2, 0) is 4.79 Å². The van der Waals surface area contributed by atoms with E-state index in [0.29, 0.717) is 5.57 Å². The Morgan fingerprint density at radius 1 is 0.952 bits per heavy atom. The largest absolute Gasteiger partial charge is 0.280 e. The molecule has 0 unspecified atom stereocenters. The maximum absolute atomic E-state index is 12.7. The Labute approximate surface area is 124 Å². The molecule has 0 fully saturated rings. The minimum atomic E-state index is -0.0694. The zero-order valence-electron chi connectivity index (χ0n) is 12.1. The minimum Gasteiger partial charge on any atom is -0.267 e. The molecule has 0 aliphatic carbocycles. The molecule has 3 heteroatoms. The summed E-state index contributed by atoms with van der Waals surface area (Å²) in [7, 11) is 0. The first kappa shape index (κ1) is 13.3. The Balaban J connectivity index is 2.04. The smallest absolute Gasteiger partial charge is 0.267 e. The fourth-order valence-corrected chi connectivity index (χ4v) is 2.51. The van der Waals surface area contributed by atoms with Crippen molar-refractivity contribution in [3.8, 4) is 0 Å². The van der Waals surface area contributed by atoms with Gasteiger partial charge in [0.1, 0.15) is 0 Å². The first-order valence-corrected chi connectivity index (χ1v) is 6.90. The molecule has 0 atom stereocenters.